The van der Waals surface area contributed by atoms with E-state index in [9.17, 15) is 4.91 Å². The van der Waals surface area contributed by atoms with E-state index in [4.69, 9.17) is 0 Å². The Kier molecular flexibility index (Phi) is 3.57. The van der Waals surface area contributed by atoms with Gasteiger partial charge in [0.25, 0.3) is 0 Å². The van der Waals surface area contributed by atoms with Gasteiger partial charge in [0, 0.05) is 24.5 Å². The molecule has 0 spiro atoms. The first-order valence-corrected chi connectivity index (χ1v) is 7.76. The topological polar surface area (TPSA) is 90.3 Å². The number of imidazole rings is 1. The first kappa shape index (κ1) is 15.1. The van der Waals surface area contributed by atoms with Crippen LogP contribution in [0.5, 0.6) is 0 Å². The second-order valence-corrected chi connectivity index (χ2v) is 5.75. The molecule has 4 rings (SSSR count). The number of rotatable bonds is 4. The average molecular weight is 333 g/mol. The summed E-state index contributed by atoms with van der Waals surface area (Å²) in [5.74, 6) is 0. The Morgan fingerprint density at radius 2 is 2.00 bits per heavy atom. The van der Waals surface area contributed by atoms with Gasteiger partial charge < -0.3 is 0 Å². The van der Waals surface area contributed by atoms with Crippen LogP contribution in [0.1, 0.15) is 11.4 Å². The molecule has 0 saturated carbocycles. The maximum absolute atomic E-state index is 10.6. The molecule has 4 aromatic heterocycles. The summed E-state index contributed by atoms with van der Waals surface area (Å²) in [4.78, 5) is 19.4. The van der Waals surface area contributed by atoms with Crippen LogP contribution >= 0.6 is 0 Å². The maximum atomic E-state index is 10.6. The van der Waals surface area contributed by atoms with E-state index in [1.807, 2.05) is 50.5 Å². The molecular weight excluding hydrogens is 318 g/mol. The summed E-state index contributed by atoms with van der Waals surface area (Å²) in [5.41, 5.74) is 5.37. The molecule has 25 heavy (non-hydrogen) atoms. The minimum Gasteiger partial charge on any atom is -0.274 e. The number of aryl methyl sites for hydroxylation is 2. The van der Waals surface area contributed by atoms with Crippen molar-refractivity contribution >= 4 is 5.65 Å². The van der Waals surface area contributed by atoms with E-state index in [1.54, 1.807) is 15.4 Å². The van der Waals surface area contributed by atoms with Crippen molar-refractivity contribution in [2.75, 3.05) is 0 Å². The molecule has 0 aromatic carbocycles. The molecule has 8 heteroatoms. The van der Waals surface area contributed by atoms with Crippen molar-refractivity contribution in [3.05, 3.63) is 59.0 Å². The zero-order valence-electron chi connectivity index (χ0n) is 13.8. The molecule has 0 unspecified atom stereocenters. The van der Waals surface area contributed by atoms with Crippen LogP contribution in [0, 0.1) is 11.8 Å². The van der Waals surface area contributed by atoms with Crippen molar-refractivity contribution in [1.82, 2.24) is 29.4 Å². The summed E-state index contributed by atoms with van der Waals surface area (Å²) in [5, 5.41) is 12.1. The Bertz CT molecular complexity index is 1080. The molecule has 0 radical (unpaired) electrons. The number of aromatic nitrogens is 6. The summed E-state index contributed by atoms with van der Waals surface area (Å²) in [7, 11) is 1.86. The van der Waals surface area contributed by atoms with Crippen LogP contribution in [0.15, 0.2) is 47.9 Å². The Balaban J connectivity index is 1.89. The van der Waals surface area contributed by atoms with Gasteiger partial charge >= 0.3 is 0 Å². The molecule has 0 aliphatic carbocycles. The van der Waals surface area contributed by atoms with Crippen LogP contribution in [0.2, 0.25) is 0 Å². The van der Waals surface area contributed by atoms with Crippen molar-refractivity contribution in [3.63, 3.8) is 0 Å². The highest BCUT2D eigenvalue weighted by atomic mass is 16.3. The highest BCUT2D eigenvalue weighted by Crippen LogP contribution is 2.28. The van der Waals surface area contributed by atoms with Crippen LogP contribution < -0.4 is 0 Å². The molecule has 0 aliphatic rings. The van der Waals surface area contributed by atoms with E-state index in [0.29, 0.717) is 11.3 Å². The lowest BCUT2D eigenvalue weighted by Crippen LogP contribution is -1.99. The highest BCUT2D eigenvalue weighted by Gasteiger charge is 2.16. The maximum Gasteiger partial charge on any atom is 0.153 e. The fourth-order valence-electron chi connectivity index (χ4n) is 2.78. The van der Waals surface area contributed by atoms with E-state index in [2.05, 4.69) is 25.3 Å². The lowest BCUT2D eigenvalue weighted by molar-refractivity contribution is 0.770. The summed E-state index contributed by atoms with van der Waals surface area (Å²) >= 11 is 0. The Morgan fingerprint density at radius 1 is 1.12 bits per heavy atom. The summed E-state index contributed by atoms with van der Waals surface area (Å²) in [6.07, 6.45) is 3.52. The summed E-state index contributed by atoms with van der Waals surface area (Å²) in [6, 6.07) is 9.57. The van der Waals surface area contributed by atoms with Crippen LogP contribution in [0.4, 0.5) is 0 Å². The lowest BCUT2D eigenvalue weighted by Gasteiger charge is -2.04. The molecular formula is C17H15N7O. The molecule has 0 bridgehead atoms. The standard InChI is InChI=1S/C17H15N7O/c1-11-4-3-5-15(20-11)17-13(10-23(2)22-17)14-6-7-16-18-8-12(9-19-25)24(16)21-14/h3-8,10H,9H2,1-2H3. The number of nitroso groups, excluding NO2 is 1. The van der Waals surface area contributed by atoms with Gasteiger partial charge in [-0.3, -0.25) is 9.67 Å². The molecule has 4 aromatic rings. The molecule has 0 aliphatic heterocycles. The van der Waals surface area contributed by atoms with E-state index >= 15 is 0 Å². The Labute approximate surface area is 143 Å². The smallest absolute Gasteiger partial charge is 0.153 e. The van der Waals surface area contributed by atoms with Crippen molar-refractivity contribution < 1.29 is 0 Å². The predicted molar refractivity (Wildman–Crippen MR) is 92.7 cm³/mol. The normalized spacial score (nSPS) is 11.1. The predicted octanol–water partition coefficient (Wildman–Crippen LogP) is 2.77. The molecule has 0 saturated heterocycles. The second-order valence-electron chi connectivity index (χ2n) is 5.75. The summed E-state index contributed by atoms with van der Waals surface area (Å²) in [6.45, 7) is 1.97. The molecule has 0 atom stereocenters. The fraction of sp³-hybridized carbons (Fsp3) is 0.176. The molecule has 0 fully saturated rings. The van der Waals surface area contributed by atoms with Crippen molar-refractivity contribution in [3.8, 4) is 22.6 Å². The van der Waals surface area contributed by atoms with Gasteiger partial charge in [-0.05, 0) is 31.2 Å². The lowest BCUT2D eigenvalue weighted by atomic mass is 10.1. The third-order valence-corrected chi connectivity index (χ3v) is 3.90. The Morgan fingerprint density at radius 3 is 2.80 bits per heavy atom. The van der Waals surface area contributed by atoms with Crippen molar-refractivity contribution in [2.45, 2.75) is 13.5 Å². The van der Waals surface area contributed by atoms with Gasteiger partial charge in [0.2, 0.25) is 0 Å². The number of pyridine rings is 1. The van der Waals surface area contributed by atoms with Gasteiger partial charge in [0.15, 0.2) is 5.65 Å². The quantitative estimate of drug-likeness (QED) is 0.536. The van der Waals surface area contributed by atoms with Gasteiger partial charge in [0.05, 0.1) is 23.3 Å². The van der Waals surface area contributed by atoms with E-state index in [-0.39, 0.29) is 6.54 Å². The summed E-state index contributed by atoms with van der Waals surface area (Å²) < 4.78 is 3.37. The number of nitrogens with zero attached hydrogens (tertiary/aromatic N) is 7. The van der Waals surface area contributed by atoms with Gasteiger partial charge in [-0.15, -0.1) is 0 Å². The number of fused-ring (bicyclic) bond motifs is 1. The van der Waals surface area contributed by atoms with Crippen molar-refractivity contribution in [1.29, 1.82) is 0 Å². The van der Waals surface area contributed by atoms with Crippen LogP contribution in [0.3, 0.4) is 0 Å². The number of hydrogen-bond donors (Lipinski definition) is 0. The minimum absolute atomic E-state index is 0.0248. The van der Waals surface area contributed by atoms with Crippen molar-refractivity contribution in [2.24, 2.45) is 12.2 Å². The third kappa shape index (κ3) is 2.67. The van der Waals surface area contributed by atoms with E-state index < -0.39 is 0 Å². The number of hydrogen-bond acceptors (Lipinski definition) is 6. The highest BCUT2D eigenvalue weighted by molar-refractivity contribution is 5.77. The monoisotopic (exact) mass is 333 g/mol. The molecule has 0 amide bonds. The average Bonchev–Trinajstić information content (AvgIpc) is 3.19. The molecule has 124 valence electrons. The van der Waals surface area contributed by atoms with Crippen LogP contribution in [-0.4, -0.2) is 29.4 Å². The molecule has 0 N–H and O–H groups in total. The SMILES string of the molecule is Cc1cccc(-c2nn(C)cc2-c2ccc3ncc(CN=O)n3n2)n1. The zero-order valence-corrected chi connectivity index (χ0v) is 13.8. The fourth-order valence-corrected chi connectivity index (χ4v) is 2.78. The third-order valence-electron chi connectivity index (χ3n) is 3.90. The van der Waals surface area contributed by atoms with Crippen LogP contribution in [-0.2, 0) is 13.6 Å². The van der Waals surface area contributed by atoms with Gasteiger partial charge in [-0.2, -0.15) is 15.1 Å². The van der Waals surface area contributed by atoms with E-state index in [0.717, 1.165) is 28.3 Å². The zero-order chi connectivity index (χ0) is 17.4. The molecule has 8 nitrogen and oxygen atoms in total. The van der Waals surface area contributed by atoms with Gasteiger partial charge in [-0.1, -0.05) is 11.2 Å². The molecule has 4 heterocycles. The second kappa shape index (κ2) is 5.90. The Hall–Kier alpha value is -3.42. The van der Waals surface area contributed by atoms with Gasteiger partial charge in [0.1, 0.15) is 12.2 Å². The first-order valence-electron chi connectivity index (χ1n) is 7.76. The van der Waals surface area contributed by atoms with Gasteiger partial charge in [-0.25, -0.2) is 9.50 Å². The first-order chi connectivity index (χ1) is 12.2. The van der Waals surface area contributed by atoms with Crippen LogP contribution in [0.25, 0.3) is 28.3 Å². The minimum atomic E-state index is 0.0248. The largest absolute Gasteiger partial charge is 0.274 e. The van der Waals surface area contributed by atoms with E-state index in [1.165, 1.54) is 0 Å².